The minimum Gasteiger partial charge on any atom is -0.351 e. The summed E-state index contributed by atoms with van der Waals surface area (Å²) in [4.78, 5) is 25.4. The third kappa shape index (κ3) is 2.96. The molecule has 1 heterocycles. The van der Waals surface area contributed by atoms with Crippen molar-refractivity contribution in [2.24, 2.45) is 5.41 Å². The fourth-order valence-electron chi connectivity index (χ4n) is 2.39. The molecule has 1 aliphatic carbocycles. The summed E-state index contributed by atoms with van der Waals surface area (Å²) in [5, 5.41) is 2.92. The molecule has 0 spiro atoms. The molecule has 17 heavy (non-hydrogen) atoms. The molecule has 2 N–H and O–H groups in total. The number of aromatic nitrogens is 1. The highest BCUT2D eigenvalue weighted by Gasteiger charge is 2.28. The topological polar surface area (TPSA) is 62.0 Å². The van der Waals surface area contributed by atoms with Crippen LogP contribution in [0, 0.1) is 5.41 Å². The zero-order valence-corrected chi connectivity index (χ0v) is 10.1. The molecule has 0 saturated heterocycles. The Labute approximate surface area is 100 Å². The summed E-state index contributed by atoms with van der Waals surface area (Å²) in [6.45, 7) is 2.90. The van der Waals surface area contributed by atoms with Crippen LogP contribution in [-0.2, 0) is 0 Å². The Morgan fingerprint density at radius 1 is 1.47 bits per heavy atom. The average Bonchev–Trinajstić information content (AvgIpc) is 2.74. The fourth-order valence-corrected chi connectivity index (χ4v) is 2.39. The average molecular weight is 234 g/mol. The summed E-state index contributed by atoms with van der Waals surface area (Å²) < 4.78 is 0. The van der Waals surface area contributed by atoms with E-state index in [2.05, 4.69) is 17.2 Å². The molecule has 4 heteroatoms. The van der Waals surface area contributed by atoms with Gasteiger partial charge in [0.15, 0.2) is 0 Å². The first kappa shape index (κ1) is 11.9. The molecule has 0 radical (unpaired) electrons. The molecule has 4 nitrogen and oxygen atoms in total. The Balaban J connectivity index is 1.95. The standard InChI is InChI=1S/C13H18N2O2/c1-13(5-2-3-6-13)9-15-12(17)10-4-7-14-11(16)8-10/h4,7-8H,2-3,5-6,9H2,1H3,(H,14,16)(H,15,17). The minimum absolute atomic E-state index is 0.163. The van der Waals surface area contributed by atoms with E-state index in [-0.39, 0.29) is 16.9 Å². The molecule has 0 atom stereocenters. The number of hydrogen-bond donors (Lipinski definition) is 2. The monoisotopic (exact) mass is 234 g/mol. The zero-order chi connectivity index (χ0) is 12.3. The zero-order valence-electron chi connectivity index (χ0n) is 10.1. The third-order valence-corrected chi connectivity index (χ3v) is 3.52. The lowest BCUT2D eigenvalue weighted by molar-refractivity contribution is 0.0934. The lowest BCUT2D eigenvalue weighted by atomic mass is 9.89. The van der Waals surface area contributed by atoms with Gasteiger partial charge in [-0.3, -0.25) is 9.59 Å². The molecular formula is C13H18N2O2. The Morgan fingerprint density at radius 3 is 2.82 bits per heavy atom. The highest BCUT2D eigenvalue weighted by Crippen LogP contribution is 2.36. The predicted octanol–water partition coefficient (Wildman–Crippen LogP) is 1.69. The van der Waals surface area contributed by atoms with Gasteiger partial charge in [-0.15, -0.1) is 0 Å². The first-order valence-electron chi connectivity index (χ1n) is 6.06. The maximum Gasteiger partial charge on any atom is 0.251 e. The van der Waals surface area contributed by atoms with Crippen LogP contribution >= 0.6 is 0 Å². The van der Waals surface area contributed by atoms with Crippen LogP contribution in [0.3, 0.4) is 0 Å². The number of hydrogen-bond acceptors (Lipinski definition) is 2. The van der Waals surface area contributed by atoms with Crippen LogP contribution in [0.1, 0.15) is 43.0 Å². The van der Waals surface area contributed by atoms with Crippen LogP contribution in [0.5, 0.6) is 0 Å². The summed E-state index contributed by atoms with van der Waals surface area (Å²) in [5.41, 5.74) is 0.414. The SMILES string of the molecule is CC1(CNC(=O)c2cc[nH]c(=O)c2)CCCC1. The molecule has 0 aromatic carbocycles. The Hall–Kier alpha value is -1.58. The van der Waals surface area contributed by atoms with Crippen molar-refractivity contribution in [1.82, 2.24) is 10.3 Å². The van der Waals surface area contributed by atoms with Crippen molar-refractivity contribution in [3.05, 3.63) is 34.2 Å². The second-order valence-corrected chi connectivity index (χ2v) is 5.14. The van der Waals surface area contributed by atoms with Crippen molar-refractivity contribution in [3.63, 3.8) is 0 Å². The normalized spacial score (nSPS) is 17.9. The lowest BCUT2D eigenvalue weighted by Crippen LogP contribution is -2.34. The van der Waals surface area contributed by atoms with E-state index in [4.69, 9.17) is 0 Å². The minimum atomic E-state index is -0.246. The third-order valence-electron chi connectivity index (χ3n) is 3.52. The van der Waals surface area contributed by atoms with Gasteiger partial charge in [-0.1, -0.05) is 19.8 Å². The Kier molecular flexibility index (Phi) is 3.31. The van der Waals surface area contributed by atoms with Crippen LogP contribution in [0.25, 0.3) is 0 Å². The van der Waals surface area contributed by atoms with Gasteiger partial charge in [0.2, 0.25) is 5.56 Å². The molecule has 0 aliphatic heterocycles. The molecule has 92 valence electrons. The largest absolute Gasteiger partial charge is 0.351 e. The number of amides is 1. The van der Waals surface area contributed by atoms with Crippen LogP contribution in [0.2, 0.25) is 0 Å². The number of H-pyrrole nitrogens is 1. The maximum atomic E-state index is 11.8. The number of aromatic amines is 1. The van der Waals surface area contributed by atoms with Gasteiger partial charge in [0.1, 0.15) is 0 Å². The number of rotatable bonds is 3. The summed E-state index contributed by atoms with van der Waals surface area (Å²) in [5.74, 6) is -0.163. The van der Waals surface area contributed by atoms with Gasteiger partial charge in [0, 0.05) is 24.4 Å². The molecule has 0 bridgehead atoms. The van der Waals surface area contributed by atoms with Crippen LogP contribution in [-0.4, -0.2) is 17.4 Å². The van der Waals surface area contributed by atoms with Gasteiger partial charge >= 0.3 is 0 Å². The lowest BCUT2D eigenvalue weighted by Gasteiger charge is -2.23. The Bertz CT molecular complexity index is 458. The molecule has 1 aromatic rings. The summed E-state index contributed by atoms with van der Waals surface area (Å²) in [6, 6.07) is 2.94. The first-order valence-corrected chi connectivity index (χ1v) is 6.06. The smallest absolute Gasteiger partial charge is 0.251 e. The van der Waals surface area contributed by atoms with Gasteiger partial charge in [-0.2, -0.15) is 0 Å². The summed E-state index contributed by atoms with van der Waals surface area (Å²) in [7, 11) is 0. The van der Waals surface area contributed by atoms with E-state index in [1.54, 1.807) is 6.07 Å². The van der Waals surface area contributed by atoms with E-state index < -0.39 is 0 Å². The Morgan fingerprint density at radius 2 is 2.18 bits per heavy atom. The first-order chi connectivity index (χ1) is 8.09. The van der Waals surface area contributed by atoms with Crippen molar-refractivity contribution in [1.29, 1.82) is 0 Å². The van der Waals surface area contributed by atoms with E-state index in [1.807, 2.05) is 0 Å². The number of carbonyl (C=O) groups excluding carboxylic acids is 1. The van der Waals surface area contributed by atoms with Gasteiger partial charge in [0.25, 0.3) is 5.91 Å². The second-order valence-electron chi connectivity index (χ2n) is 5.14. The van der Waals surface area contributed by atoms with E-state index >= 15 is 0 Å². The molecule has 1 amide bonds. The molecular weight excluding hydrogens is 216 g/mol. The highest BCUT2D eigenvalue weighted by atomic mass is 16.2. The van der Waals surface area contributed by atoms with E-state index in [0.29, 0.717) is 12.1 Å². The molecule has 2 rings (SSSR count). The van der Waals surface area contributed by atoms with Gasteiger partial charge < -0.3 is 10.3 Å². The molecule has 1 aliphatic rings. The fraction of sp³-hybridized carbons (Fsp3) is 0.538. The predicted molar refractivity (Wildman–Crippen MR) is 66.0 cm³/mol. The van der Waals surface area contributed by atoms with Crippen molar-refractivity contribution >= 4 is 5.91 Å². The number of pyridine rings is 1. The van der Waals surface area contributed by atoms with Crippen molar-refractivity contribution < 1.29 is 4.79 Å². The van der Waals surface area contributed by atoms with E-state index in [9.17, 15) is 9.59 Å². The highest BCUT2D eigenvalue weighted by molar-refractivity contribution is 5.93. The van der Waals surface area contributed by atoms with E-state index in [0.717, 1.165) is 0 Å². The molecule has 1 saturated carbocycles. The maximum absolute atomic E-state index is 11.8. The van der Waals surface area contributed by atoms with Crippen molar-refractivity contribution in [2.45, 2.75) is 32.6 Å². The van der Waals surface area contributed by atoms with Crippen molar-refractivity contribution in [2.75, 3.05) is 6.54 Å². The van der Waals surface area contributed by atoms with Crippen LogP contribution in [0.4, 0.5) is 0 Å². The number of carbonyl (C=O) groups is 1. The second kappa shape index (κ2) is 4.73. The molecule has 1 aromatic heterocycles. The van der Waals surface area contributed by atoms with Gasteiger partial charge in [-0.05, 0) is 24.3 Å². The molecule has 1 fully saturated rings. The van der Waals surface area contributed by atoms with Gasteiger partial charge in [-0.25, -0.2) is 0 Å². The van der Waals surface area contributed by atoms with Crippen LogP contribution in [0.15, 0.2) is 23.1 Å². The van der Waals surface area contributed by atoms with E-state index in [1.165, 1.54) is 37.9 Å². The van der Waals surface area contributed by atoms with Gasteiger partial charge in [0.05, 0.1) is 0 Å². The van der Waals surface area contributed by atoms with Crippen LogP contribution < -0.4 is 10.9 Å². The van der Waals surface area contributed by atoms with Crippen molar-refractivity contribution in [3.8, 4) is 0 Å². The summed E-state index contributed by atoms with van der Waals surface area (Å²) >= 11 is 0. The summed E-state index contributed by atoms with van der Waals surface area (Å²) in [6.07, 6.45) is 6.33. The quantitative estimate of drug-likeness (QED) is 0.836. The number of nitrogens with one attached hydrogen (secondary N) is 2. The molecule has 0 unspecified atom stereocenters.